The average Bonchev–Trinajstić information content (AvgIpc) is 3.09. The number of hydrogen-bond acceptors (Lipinski definition) is 3. The summed E-state index contributed by atoms with van der Waals surface area (Å²) in [5.74, 6) is 2.36. The first-order valence-corrected chi connectivity index (χ1v) is 9.67. The van der Waals surface area contributed by atoms with E-state index >= 15 is 0 Å². The topological polar surface area (TPSA) is 41.4 Å². The molecule has 24 heavy (non-hydrogen) atoms. The summed E-state index contributed by atoms with van der Waals surface area (Å²) in [6, 6.07) is 0. The first kappa shape index (κ1) is 17.5. The number of piperazine rings is 1. The SMILES string of the molecule is CC(C)c1nccn1CCN1CCN(C(=O)C2CCCCC2)CC1. The third-order valence-corrected chi connectivity index (χ3v) is 5.56. The number of carbonyl (C=O) groups excluding carboxylic acids is 1. The Morgan fingerprint density at radius 2 is 1.83 bits per heavy atom. The Hall–Kier alpha value is -1.36. The molecule has 1 saturated heterocycles. The van der Waals surface area contributed by atoms with E-state index < -0.39 is 0 Å². The van der Waals surface area contributed by atoms with Crippen LogP contribution in [0.2, 0.25) is 0 Å². The maximum Gasteiger partial charge on any atom is 0.225 e. The molecule has 0 atom stereocenters. The van der Waals surface area contributed by atoms with Crippen LogP contribution in [-0.4, -0.2) is 58.0 Å². The average molecular weight is 332 g/mol. The lowest BCUT2D eigenvalue weighted by atomic mass is 9.88. The Labute approximate surface area is 146 Å². The number of amides is 1. The van der Waals surface area contributed by atoms with E-state index in [1.54, 1.807) is 0 Å². The molecule has 2 heterocycles. The quantitative estimate of drug-likeness (QED) is 0.832. The van der Waals surface area contributed by atoms with Gasteiger partial charge in [0.2, 0.25) is 5.91 Å². The fourth-order valence-corrected chi connectivity index (χ4v) is 4.06. The van der Waals surface area contributed by atoms with Crippen LogP contribution in [0.15, 0.2) is 12.4 Å². The molecule has 1 saturated carbocycles. The largest absolute Gasteiger partial charge is 0.340 e. The molecular weight excluding hydrogens is 300 g/mol. The fourth-order valence-electron chi connectivity index (χ4n) is 4.06. The van der Waals surface area contributed by atoms with E-state index in [-0.39, 0.29) is 0 Å². The second kappa shape index (κ2) is 8.15. The van der Waals surface area contributed by atoms with E-state index in [1.165, 1.54) is 25.1 Å². The van der Waals surface area contributed by atoms with Gasteiger partial charge in [-0.05, 0) is 12.8 Å². The third kappa shape index (κ3) is 4.18. The Morgan fingerprint density at radius 1 is 1.12 bits per heavy atom. The van der Waals surface area contributed by atoms with Crippen molar-refractivity contribution >= 4 is 5.91 Å². The zero-order valence-electron chi connectivity index (χ0n) is 15.3. The van der Waals surface area contributed by atoms with Gasteiger partial charge in [-0.3, -0.25) is 9.69 Å². The smallest absolute Gasteiger partial charge is 0.225 e. The van der Waals surface area contributed by atoms with Crippen LogP contribution in [0.4, 0.5) is 0 Å². The van der Waals surface area contributed by atoms with E-state index in [2.05, 4.69) is 39.4 Å². The number of carbonyl (C=O) groups is 1. The van der Waals surface area contributed by atoms with Crippen LogP contribution >= 0.6 is 0 Å². The van der Waals surface area contributed by atoms with Crippen molar-refractivity contribution in [2.45, 2.75) is 58.4 Å². The van der Waals surface area contributed by atoms with E-state index in [1.807, 2.05) is 6.20 Å². The normalized spacial score (nSPS) is 20.7. The van der Waals surface area contributed by atoms with Crippen molar-refractivity contribution in [2.75, 3.05) is 32.7 Å². The molecule has 0 bridgehead atoms. The third-order valence-electron chi connectivity index (χ3n) is 5.56. The Kier molecular flexibility index (Phi) is 5.93. The van der Waals surface area contributed by atoms with E-state index in [0.717, 1.165) is 52.1 Å². The van der Waals surface area contributed by atoms with Gasteiger partial charge in [0.25, 0.3) is 0 Å². The first-order chi connectivity index (χ1) is 11.6. The van der Waals surface area contributed by atoms with Crippen molar-refractivity contribution in [3.05, 3.63) is 18.2 Å². The van der Waals surface area contributed by atoms with Crippen LogP contribution in [0, 0.1) is 5.92 Å². The van der Waals surface area contributed by atoms with Gasteiger partial charge in [-0.1, -0.05) is 33.1 Å². The van der Waals surface area contributed by atoms with Crippen LogP contribution in [0.1, 0.15) is 57.7 Å². The standard InChI is InChI=1S/C19H32N4O/c1-16(2)18-20-8-9-22(18)13-10-21-11-14-23(15-12-21)19(24)17-6-4-3-5-7-17/h8-9,16-17H,3-7,10-15H2,1-2H3. The molecule has 1 aromatic rings. The van der Waals surface area contributed by atoms with Crippen molar-refractivity contribution in [1.29, 1.82) is 0 Å². The van der Waals surface area contributed by atoms with Gasteiger partial charge >= 0.3 is 0 Å². The first-order valence-electron chi connectivity index (χ1n) is 9.67. The molecule has 1 amide bonds. The lowest BCUT2D eigenvalue weighted by Gasteiger charge is -2.37. The van der Waals surface area contributed by atoms with Gasteiger partial charge in [0.1, 0.15) is 5.82 Å². The number of rotatable bonds is 5. The number of aromatic nitrogens is 2. The minimum absolute atomic E-state index is 0.310. The molecule has 0 unspecified atom stereocenters. The summed E-state index contributed by atoms with van der Waals surface area (Å²) in [6.45, 7) is 10.2. The molecular formula is C19H32N4O. The predicted octanol–water partition coefficient (Wildman–Crippen LogP) is 2.73. The minimum Gasteiger partial charge on any atom is -0.340 e. The number of hydrogen-bond donors (Lipinski definition) is 0. The van der Waals surface area contributed by atoms with Crippen LogP contribution in [0.25, 0.3) is 0 Å². The maximum absolute atomic E-state index is 12.6. The van der Waals surface area contributed by atoms with Gasteiger partial charge in [-0.2, -0.15) is 0 Å². The molecule has 1 aromatic heterocycles. The van der Waals surface area contributed by atoms with E-state index in [4.69, 9.17) is 0 Å². The highest BCUT2D eigenvalue weighted by molar-refractivity contribution is 5.79. The summed E-state index contributed by atoms with van der Waals surface area (Å²) < 4.78 is 2.27. The second-order valence-electron chi connectivity index (χ2n) is 7.64. The summed E-state index contributed by atoms with van der Waals surface area (Å²) in [5.41, 5.74) is 0. The molecule has 3 rings (SSSR count). The van der Waals surface area contributed by atoms with Crippen molar-refractivity contribution in [3.8, 4) is 0 Å². The van der Waals surface area contributed by atoms with E-state index in [0.29, 0.717) is 17.7 Å². The zero-order chi connectivity index (χ0) is 16.9. The summed E-state index contributed by atoms with van der Waals surface area (Å²) >= 11 is 0. The van der Waals surface area contributed by atoms with Gasteiger partial charge in [0, 0.05) is 63.5 Å². The second-order valence-corrected chi connectivity index (χ2v) is 7.64. The summed E-state index contributed by atoms with van der Waals surface area (Å²) in [6.07, 6.45) is 9.98. The number of imidazole rings is 1. The molecule has 0 spiro atoms. The molecule has 0 aromatic carbocycles. The zero-order valence-corrected chi connectivity index (χ0v) is 15.3. The lowest BCUT2D eigenvalue weighted by molar-refractivity contribution is -0.138. The molecule has 2 fully saturated rings. The maximum atomic E-state index is 12.6. The van der Waals surface area contributed by atoms with Gasteiger partial charge in [-0.25, -0.2) is 4.98 Å². The van der Waals surface area contributed by atoms with Crippen LogP contribution in [-0.2, 0) is 11.3 Å². The molecule has 5 heteroatoms. The highest BCUT2D eigenvalue weighted by Gasteiger charge is 2.28. The molecule has 1 aliphatic carbocycles. The molecule has 1 aliphatic heterocycles. The van der Waals surface area contributed by atoms with Crippen molar-refractivity contribution in [1.82, 2.24) is 19.4 Å². The summed E-state index contributed by atoms with van der Waals surface area (Å²) in [5, 5.41) is 0. The summed E-state index contributed by atoms with van der Waals surface area (Å²) in [7, 11) is 0. The Balaban J connectivity index is 1.43. The van der Waals surface area contributed by atoms with Crippen molar-refractivity contribution in [2.24, 2.45) is 5.92 Å². The lowest BCUT2D eigenvalue weighted by Crippen LogP contribution is -2.51. The minimum atomic E-state index is 0.310. The molecule has 0 N–H and O–H groups in total. The molecule has 0 radical (unpaired) electrons. The predicted molar refractivity (Wildman–Crippen MR) is 95.9 cm³/mol. The Bertz CT molecular complexity index is 525. The highest BCUT2D eigenvalue weighted by atomic mass is 16.2. The summed E-state index contributed by atoms with van der Waals surface area (Å²) in [4.78, 5) is 21.7. The van der Waals surface area contributed by atoms with Crippen LogP contribution in [0.5, 0.6) is 0 Å². The highest BCUT2D eigenvalue weighted by Crippen LogP contribution is 2.25. The fraction of sp³-hybridized carbons (Fsp3) is 0.789. The van der Waals surface area contributed by atoms with E-state index in [9.17, 15) is 4.79 Å². The van der Waals surface area contributed by atoms with Crippen LogP contribution in [0.3, 0.4) is 0 Å². The van der Waals surface area contributed by atoms with Crippen molar-refractivity contribution < 1.29 is 4.79 Å². The van der Waals surface area contributed by atoms with Gasteiger partial charge in [0.05, 0.1) is 0 Å². The van der Waals surface area contributed by atoms with Gasteiger partial charge in [0.15, 0.2) is 0 Å². The van der Waals surface area contributed by atoms with Crippen LogP contribution < -0.4 is 0 Å². The number of nitrogens with zero attached hydrogens (tertiary/aromatic N) is 4. The molecule has 134 valence electrons. The van der Waals surface area contributed by atoms with Gasteiger partial charge < -0.3 is 9.47 Å². The van der Waals surface area contributed by atoms with Crippen molar-refractivity contribution in [3.63, 3.8) is 0 Å². The Morgan fingerprint density at radius 3 is 2.50 bits per heavy atom. The monoisotopic (exact) mass is 332 g/mol. The van der Waals surface area contributed by atoms with Gasteiger partial charge in [-0.15, -0.1) is 0 Å². The molecule has 2 aliphatic rings. The molecule has 5 nitrogen and oxygen atoms in total.